The molecule has 0 bridgehead atoms. The normalized spacial score (nSPS) is 9.93. The van der Waals surface area contributed by atoms with Crippen LogP contribution in [0.15, 0.2) is 0 Å². The number of aromatic nitrogens is 2. The van der Waals surface area contributed by atoms with Crippen molar-refractivity contribution in [3.63, 3.8) is 0 Å². The lowest BCUT2D eigenvalue weighted by Crippen LogP contribution is -2.10. The molecule has 1 rings (SSSR count). The van der Waals surface area contributed by atoms with E-state index in [1.807, 2.05) is 0 Å². The molecular formula is C8H9FN2O3. The monoisotopic (exact) mass is 200 g/mol. The Hall–Kier alpha value is -1.72. The summed E-state index contributed by atoms with van der Waals surface area (Å²) in [5.74, 6) is -2.58. The van der Waals surface area contributed by atoms with Crippen LogP contribution in [-0.2, 0) is 6.42 Å². The molecule has 0 aliphatic rings. The molecule has 0 saturated heterocycles. The van der Waals surface area contributed by atoms with Gasteiger partial charge in [0.25, 0.3) is 5.88 Å². The first kappa shape index (κ1) is 10.4. The number of carboxylic acid groups (broad SMARTS) is 1. The summed E-state index contributed by atoms with van der Waals surface area (Å²) < 4.78 is 17.8. The molecule has 14 heavy (non-hydrogen) atoms. The average Bonchev–Trinajstić information content (AvgIpc) is 2.17. The number of aryl methyl sites for hydroxylation is 1. The lowest BCUT2D eigenvalue weighted by Gasteiger charge is -2.04. The van der Waals surface area contributed by atoms with Crippen LogP contribution in [0, 0.1) is 5.82 Å². The number of carboxylic acids is 1. The molecule has 0 unspecified atom stereocenters. The van der Waals surface area contributed by atoms with Gasteiger partial charge in [-0.05, 0) is 0 Å². The molecule has 0 aliphatic heterocycles. The summed E-state index contributed by atoms with van der Waals surface area (Å²) in [7, 11) is 1.22. The summed E-state index contributed by atoms with van der Waals surface area (Å²) >= 11 is 0. The summed E-state index contributed by atoms with van der Waals surface area (Å²) in [4.78, 5) is 17.8. The zero-order valence-electron chi connectivity index (χ0n) is 7.74. The predicted octanol–water partition coefficient (Wildman–Crippen LogP) is 0.885. The van der Waals surface area contributed by atoms with Gasteiger partial charge in [0.05, 0.1) is 7.11 Å². The van der Waals surface area contributed by atoms with Gasteiger partial charge in [0.1, 0.15) is 5.82 Å². The number of nitrogens with zero attached hydrogens (tertiary/aromatic N) is 2. The van der Waals surface area contributed by atoms with Crippen LogP contribution < -0.4 is 4.74 Å². The van der Waals surface area contributed by atoms with E-state index in [1.54, 1.807) is 6.92 Å². The minimum absolute atomic E-state index is 0.237. The zero-order valence-corrected chi connectivity index (χ0v) is 7.74. The van der Waals surface area contributed by atoms with Gasteiger partial charge in [0.2, 0.25) is 5.82 Å². The van der Waals surface area contributed by atoms with E-state index in [0.717, 1.165) is 0 Å². The van der Waals surface area contributed by atoms with Crippen molar-refractivity contribution in [1.82, 2.24) is 9.97 Å². The molecule has 1 aromatic rings. The highest BCUT2D eigenvalue weighted by atomic mass is 19.1. The molecule has 1 N–H and O–H groups in total. The molecule has 0 aromatic carbocycles. The maximum Gasteiger partial charge on any atom is 0.357 e. The molecule has 5 nitrogen and oxygen atoms in total. The van der Waals surface area contributed by atoms with Gasteiger partial charge in [-0.1, -0.05) is 6.92 Å². The molecule has 1 heterocycles. The second-order valence-electron chi connectivity index (χ2n) is 2.47. The quantitative estimate of drug-likeness (QED) is 0.784. The van der Waals surface area contributed by atoms with Gasteiger partial charge in [-0.2, -0.15) is 9.37 Å². The summed E-state index contributed by atoms with van der Waals surface area (Å²) in [5, 5.41) is 8.62. The van der Waals surface area contributed by atoms with Crippen LogP contribution in [0.1, 0.15) is 23.2 Å². The van der Waals surface area contributed by atoms with E-state index in [9.17, 15) is 9.18 Å². The average molecular weight is 200 g/mol. The van der Waals surface area contributed by atoms with Crippen molar-refractivity contribution in [2.75, 3.05) is 7.11 Å². The maximum atomic E-state index is 13.2. The fraction of sp³-hybridized carbons (Fsp3) is 0.375. The van der Waals surface area contributed by atoms with Gasteiger partial charge in [-0.3, -0.25) is 0 Å². The molecule has 0 spiro atoms. The summed E-state index contributed by atoms with van der Waals surface area (Å²) in [5.41, 5.74) is -0.659. The molecule has 6 heteroatoms. The van der Waals surface area contributed by atoms with Crippen molar-refractivity contribution in [2.24, 2.45) is 0 Å². The van der Waals surface area contributed by atoms with Gasteiger partial charge >= 0.3 is 5.97 Å². The highest BCUT2D eigenvalue weighted by Gasteiger charge is 2.19. The number of rotatable bonds is 3. The third kappa shape index (κ3) is 1.78. The van der Waals surface area contributed by atoms with E-state index in [0.29, 0.717) is 6.42 Å². The molecule has 0 fully saturated rings. The minimum Gasteiger partial charge on any atom is -0.479 e. The number of ether oxygens (including phenoxy) is 1. The minimum atomic E-state index is -1.43. The van der Waals surface area contributed by atoms with Gasteiger partial charge in [0, 0.05) is 6.42 Å². The first-order valence-corrected chi connectivity index (χ1v) is 3.93. The molecule has 0 atom stereocenters. The van der Waals surface area contributed by atoms with Crippen LogP contribution in [0.5, 0.6) is 5.88 Å². The highest BCUT2D eigenvalue weighted by molar-refractivity contribution is 5.85. The smallest absolute Gasteiger partial charge is 0.357 e. The van der Waals surface area contributed by atoms with Gasteiger partial charge in [-0.25, -0.2) is 9.78 Å². The molecule has 76 valence electrons. The van der Waals surface area contributed by atoms with Crippen molar-refractivity contribution in [3.8, 4) is 5.88 Å². The Balaban J connectivity index is 3.34. The van der Waals surface area contributed by atoms with Crippen LogP contribution >= 0.6 is 0 Å². The fourth-order valence-corrected chi connectivity index (χ4v) is 0.906. The third-order valence-corrected chi connectivity index (χ3v) is 1.58. The number of hydrogen-bond donors (Lipinski definition) is 1. The van der Waals surface area contributed by atoms with Crippen molar-refractivity contribution >= 4 is 5.97 Å². The summed E-state index contributed by atoms with van der Waals surface area (Å²) in [6.45, 7) is 1.73. The van der Waals surface area contributed by atoms with Crippen molar-refractivity contribution < 1.29 is 19.0 Å². The van der Waals surface area contributed by atoms with Gasteiger partial charge in [0.15, 0.2) is 5.69 Å². The second kappa shape index (κ2) is 3.99. The zero-order chi connectivity index (χ0) is 10.7. The fourth-order valence-electron chi connectivity index (χ4n) is 0.906. The Kier molecular flexibility index (Phi) is 2.95. The second-order valence-corrected chi connectivity index (χ2v) is 2.47. The van der Waals surface area contributed by atoms with Crippen LogP contribution in [-0.4, -0.2) is 28.2 Å². The largest absolute Gasteiger partial charge is 0.479 e. The Morgan fingerprint density at radius 3 is 2.64 bits per heavy atom. The predicted molar refractivity (Wildman–Crippen MR) is 44.9 cm³/mol. The lowest BCUT2D eigenvalue weighted by atomic mass is 10.3. The summed E-state index contributed by atoms with van der Waals surface area (Å²) in [6.07, 6.45) is 0.414. The summed E-state index contributed by atoms with van der Waals surface area (Å²) in [6, 6.07) is 0. The number of aromatic carboxylic acids is 1. The number of halogens is 1. The van der Waals surface area contributed by atoms with E-state index in [1.165, 1.54) is 7.11 Å². The first-order chi connectivity index (χ1) is 6.60. The molecular weight excluding hydrogens is 191 g/mol. The van der Waals surface area contributed by atoms with Gasteiger partial charge in [-0.15, -0.1) is 0 Å². The molecule has 0 radical (unpaired) electrons. The van der Waals surface area contributed by atoms with E-state index in [2.05, 4.69) is 14.7 Å². The van der Waals surface area contributed by atoms with Crippen molar-refractivity contribution in [2.45, 2.75) is 13.3 Å². The highest BCUT2D eigenvalue weighted by Crippen LogP contribution is 2.16. The standard InChI is InChI=1S/C8H9FN2O3/c1-3-4-10-6(8(12)13)5(9)7(11-4)14-2/h3H2,1-2H3,(H,12,13). The maximum absolute atomic E-state index is 13.2. The third-order valence-electron chi connectivity index (χ3n) is 1.58. The van der Waals surface area contributed by atoms with E-state index in [4.69, 9.17) is 5.11 Å². The number of carbonyl (C=O) groups is 1. The Morgan fingerprint density at radius 1 is 1.57 bits per heavy atom. The lowest BCUT2D eigenvalue weighted by molar-refractivity contribution is 0.0683. The Morgan fingerprint density at radius 2 is 2.21 bits per heavy atom. The molecule has 1 aromatic heterocycles. The SMILES string of the molecule is CCc1nc(OC)c(F)c(C(=O)O)n1. The van der Waals surface area contributed by atoms with Gasteiger partial charge < -0.3 is 9.84 Å². The van der Waals surface area contributed by atoms with Crippen LogP contribution in [0.25, 0.3) is 0 Å². The van der Waals surface area contributed by atoms with Crippen LogP contribution in [0.2, 0.25) is 0 Å². The first-order valence-electron chi connectivity index (χ1n) is 3.93. The van der Waals surface area contributed by atoms with Crippen LogP contribution in [0.3, 0.4) is 0 Å². The van der Waals surface area contributed by atoms with Crippen molar-refractivity contribution in [3.05, 3.63) is 17.3 Å². The number of hydrogen-bond acceptors (Lipinski definition) is 4. The topological polar surface area (TPSA) is 72.3 Å². The Labute approximate surface area is 79.6 Å². The molecule has 0 amide bonds. The van der Waals surface area contributed by atoms with Crippen molar-refractivity contribution in [1.29, 1.82) is 0 Å². The van der Waals surface area contributed by atoms with E-state index < -0.39 is 17.5 Å². The van der Waals surface area contributed by atoms with E-state index in [-0.39, 0.29) is 11.7 Å². The Bertz CT molecular complexity index is 368. The molecule has 0 saturated carbocycles. The molecule has 0 aliphatic carbocycles. The number of methoxy groups -OCH3 is 1. The van der Waals surface area contributed by atoms with Crippen LogP contribution in [0.4, 0.5) is 4.39 Å². The van der Waals surface area contributed by atoms with E-state index >= 15 is 0 Å².